The molecule has 24 heavy (non-hydrogen) atoms. The van der Waals surface area contributed by atoms with Gasteiger partial charge in [0.1, 0.15) is 5.75 Å². The molecule has 1 unspecified atom stereocenters. The summed E-state index contributed by atoms with van der Waals surface area (Å²) in [6.07, 6.45) is 8.13. The van der Waals surface area contributed by atoms with E-state index in [1.807, 2.05) is 6.92 Å². The van der Waals surface area contributed by atoms with Crippen LogP contribution in [0.15, 0.2) is 22.7 Å². The van der Waals surface area contributed by atoms with Crippen LogP contribution in [0.1, 0.15) is 51.0 Å². The van der Waals surface area contributed by atoms with Crippen molar-refractivity contribution in [1.29, 1.82) is 0 Å². The van der Waals surface area contributed by atoms with Crippen molar-refractivity contribution in [3.05, 3.63) is 28.2 Å². The molecule has 0 heterocycles. The van der Waals surface area contributed by atoms with Crippen molar-refractivity contribution < 1.29 is 14.2 Å². The highest BCUT2D eigenvalue weighted by Crippen LogP contribution is 2.62. The van der Waals surface area contributed by atoms with Crippen molar-refractivity contribution in [2.45, 2.75) is 57.2 Å². The fourth-order valence-corrected chi connectivity index (χ4v) is 6.11. The number of hydrogen-bond donors (Lipinski definition) is 0. The zero-order valence-corrected chi connectivity index (χ0v) is 16.2. The Morgan fingerprint density at radius 2 is 1.75 bits per heavy atom. The smallest absolute Gasteiger partial charge is 0.191 e. The fourth-order valence-electron chi connectivity index (χ4n) is 5.74. The molecule has 1 aromatic rings. The normalized spacial score (nSPS) is 35.2. The molecular formula is C20H27BrO3. The summed E-state index contributed by atoms with van der Waals surface area (Å²) >= 11 is 3.67. The largest absolute Gasteiger partial charge is 0.467 e. The lowest BCUT2D eigenvalue weighted by atomic mass is 9.48. The van der Waals surface area contributed by atoms with E-state index in [1.165, 1.54) is 44.1 Å². The van der Waals surface area contributed by atoms with Crippen LogP contribution in [0, 0.1) is 17.8 Å². The molecule has 0 radical (unpaired) electrons. The molecule has 0 aliphatic heterocycles. The van der Waals surface area contributed by atoms with Gasteiger partial charge in [-0.25, -0.2) is 0 Å². The van der Waals surface area contributed by atoms with Gasteiger partial charge in [0.25, 0.3) is 0 Å². The van der Waals surface area contributed by atoms with Gasteiger partial charge in [0, 0.05) is 17.1 Å². The number of rotatable bonds is 6. The topological polar surface area (TPSA) is 27.7 Å². The average Bonchev–Trinajstić information content (AvgIpc) is 2.54. The Labute approximate surface area is 153 Å². The summed E-state index contributed by atoms with van der Waals surface area (Å²) in [6.45, 7) is 2.11. The maximum atomic E-state index is 6.03. The summed E-state index contributed by atoms with van der Waals surface area (Å²) in [4.78, 5) is 0. The minimum absolute atomic E-state index is 0.232. The first-order valence-corrected chi connectivity index (χ1v) is 9.94. The summed E-state index contributed by atoms with van der Waals surface area (Å²) in [5, 5.41) is 0. The fraction of sp³-hybridized carbons (Fsp3) is 0.700. The van der Waals surface area contributed by atoms with Gasteiger partial charge in [-0.3, -0.25) is 0 Å². The van der Waals surface area contributed by atoms with Crippen LogP contribution in [0.25, 0.3) is 0 Å². The molecule has 4 bridgehead atoms. The molecule has 3 nitrogen and oxygen atoms in total. The van der Waals surface area contributed by atoms with Crippen LogP contribution in [0.4, 0.5) is 0 Å². The Morgan fingerprint density at radius 1 is 1.12 bits per heavy atom. The van der Waals surface area contributed by atoms with Crippen molar-refractivity contribution in [3.63, 3.8) is 0 Å². The molecule has 4 saturated carbocycles. The van der Waals surface area contributed by atoms with E-state index < -0.39 is 0 Å². The first kappa shape index (κ1) is 16.9. The standard InChI is InChI=1S/C20H27BrO3/c1-13(22-2)23-12-24-19-4-3-17(21)8-18(19)20-9-14-5-15(10-20)7-16(6-14)11-20/h3-4,8,13-16H,5-7,9-12H2,1-2H3. The lowest BCUT2D eigenvalue weighted by Gasteiger charge is -2.57. The Kier molecular flexibility index (Phi) is 4.65. The van der Waals surface area contributed by atoms with Crippen LogP contribution in [-0.4, -0.2) is 20.2 Å². The Morgan fingerprint density at radius 3 is 2.33 bits per heavy atom. The van der Waals surface area contributed by atoms with E-state index in [4.69, 9.17) is 14.2 Å². The molecule has 4 fully saturated rings. The molecule has 1 aromatic carbocycles. The predicted octanol–water partition coefficient (Wildman–Crippen LogP) is 5.26. The highest BCUT2D eigenvalue weighted by atomic mass is 79.9. The predicted molar refractivity (Wildman–Crippen MR) is 97.0 cm³/mol. The van der Waals surface area contributed by atoms with Gasteiger partial charge in [-0.2, -0.15) is 0 Å². The zero-order valence-electron chi connectivity index (χ0n) is 14.6. The third-order valence-corrected chi connectivity index (χ3v) is 6.89. The van der Waals surface area contributed by atoms with Crippen LogP contribution in [0.2, 0.25) is 0 Å². The molecule has 4 aliphatic rings. The van der Waals surface area contributed by atoms with E-state index in [-0.39, 0.29) is 13.1 Å². The first-order chi connectivity index (χ1) is 11.6. The van der Waals surface area contributed by atoms with Gasteiger partial charge in [0.2, 0.25) is 0 Å². The number of benzene rings is 1. The van der Waals surface area contributed by atoms with E-state index >= 15 is 0 Å². The van der Waals surface area contributed by atoms with Crippen LogP contribution in [0.3, 0.4) is 0 Å². The second kappa shape index (κ2) is 6.62. The highest BCUT2D eigenvalue weighted by Gasteiger charge is 2.52. The monoisotopic (exact) mass is 394 g/mol. The van der Waals surface area contributed by atoms with E-state index in [1.54, 1.807) is 7.11 Å². The molecule has 0 aromatic heterocycles. The van der Waals surface area contributed by atoms with Crippen molar-refractivity contribution in [2.24, 2.45) is 17.8 Å². The van der Waals surface area contributed by atoms with Gasteiger partial charge < -0.3 is 14.2 Å². The molecule has 0 saturated heterocycles. The van der Waals surface area contributed by atoms with E-state index in [9.17, 15) is 0 Å². The maximum absolute atomic E-state index is 6.03. The summed E-state index contributed by atoms with van der Waals surface area (Å²) in [5.74, 6) is 3.76. The molecule has 0 N–H and O–H groups in total. The molecule has 132 valence electrons. The minimum atomic E-state index is -0.247. The third-order valence-electron chi connectivity index (χ3n) is 6.40. The van der Waals surface area contributed by atoms with Gasteiger partial charge in [0.15, 0.2) is 13.1 Å². The molecular weight excluding hydrogens is 368 g/mol. The Hall–Kier alpha value is -0.580. The summed E-state index contributed by atoms with van der Waals surface area (Å²) in [7, 11) is 1.64. The molecule has 5 rings (SSSR count). The Balaban J connectivity index is 1.59. The van der Waals surface area contributed by atoms with Crippen molar-refractivity contribution in [3.8, 4) is 5.75 Å². The van der Waals surface area contributed by atoms with E-state index in [0.717, 1.165) is 28.0 Å². The minimum Gasteiger partial charge on any atom is -0.467 e. The maximum Gasteiger partial charge on any atom is 0.191 e. The number of halogens is 1. The van der Waals surface area contributed by atoms with Gasteiger partial charge in [-0.15, -0.1) is 0 Å². The molecule has 1 atom stereocenters. The van der Waals surface area contributed by atoms with Crippen molar-refractivity contribution in [1.82, 2.24) is 0 Å². The molecule has 4 heteroatoms. The summed E-state index contributed by atoms with van der Waals surface area (Å²) < 4.78 is 17.8. The molecule has 0 spiro atoms. The Bertz CT molecular complexity index is 565. The van der Waals surface area contributed by atoms with Gasteiger partial charge in [-0.1, -0.05) is 15.9 Å². The number of methoxy groups -OCH3 is 1. The zero-order chi connectivity index (χ0) is 16.7. The lowest BCUT2D eigenvalue weighted by Crippen LogP contribution is -2.48. The lowest BCUT2D eigenvalue weighted by molar-refractivity contribution is -0.150. The quantitative estimate of drug-likeness (QED) is 0.615. The second-order valence-corrected chi connectivity index (χ2v) is 8.99. The van der Waals surface area contributed by atoms with E-state index in [2.05, 4.69) is 34.1 Å². The average molecular weight is 395 g/mol. The van der Waals surface area contributed by atoms with Gasteiger partial charge >= 0.3 is 0 Å². The second-order valence-electron chi connectivity index (χ2n) is 8.07. The SMILES string of the molecule is COC(C)OCOc1ccc(Br)cc1C12CC3CC(CC(C3)C1)C2. The van der Waals surface area contributed by atoms with Gasteiger partial charge in [0.05, 0.1) is 0 Å². The number of ether oxygens (including phenoxy) is 3. The molecule has 4 aliphatic carbocycles. The van der Waals surface area contributed by atoms with E-state index in [0.29, 0.717) is 5.41 Å². The third kappa shape index (κ3) is 3.13. The molecule has 0 amide bonds. The summed E-state index contributed by atoms with van der Waals surface area (Å²) in [5.41, 5.74) is 1.71. The van der Waals surface area contributed by atoms with Crippen LogP contribution < -0.4 is 4.74 Å². The van der Waals surface area contributed by atoms with Crippen molar-refractivity contribution in [2.75, 3.05) is 13.9 Å². The highest BCUT2D eigenvalue weighted by molar-refractivity contribution is 9.10. The summed E-state index contributed by atoms with van der Waals surface area (Å²) in [6, 6.07) is 6.46. The van der Waals surface area contributed by atoms with Crippen LogP contribution in [0.5, 0.6) is 5.75 Å². The van der Waals surface area contributed by atoms with Crippen molar-refractivity contribution >= 4 is 15.9 Å². The first-order valence-electron chi connectivity index (χ1n) is 9.15. The van der Waals surface area contributed by atoms with Crippen LogP contribution >= 0.6 is 15.9 Å². The van der Waals surface area contributed by atoms with Gasteiger partial charge in [-0.05, 0) is 86.8 Å². The van der Waals surface area contributed by atoms with Crippen LogP contribution in [-0.2, 0) is 14.9 Å². The number of hydrogen-bond acceptors (Lipinski definition) is 3.